The number of hydrogen-bond acceptors (Lipinski definition) is 3. The number of rotatable bonds is 3. The van der Waals surface area contributed by atoms with Crippen molar-refractivity contribution in [3.05, 3.63) is 35.4 Å². The summed E-state index contributed by atoms with van der Waals surface area (Å²) in [5.41, 5.74) is 5.90. The predicted octanol–water partition coefficient (Wildman–Crippen LogP) is 1.03. The molecule has 1 unspecified atom stereocenters. The van der Waals surface area contributed by atoms with Gasteiger partial charge in [0.2, 0.25) is 5.91 Å². The minimum Gasteiger partial charge on any atom is -0.367 e. The molecule has 3 N–H and O–H groups in total. The third-order valence-corrected chi connectivity index (χ3v) is 4.09. The average Bonchev–Trinajstić information content (AvgIpc) is 2.73. The standard InChI is InChI=1S/C11H12F2N2OS/c12-8-2-1-7(5-9(8)13)6-11(10(14)16)15-3-4-17-11/h1-2,5,15H,3-4,6H2,(H2,14,16). The van der Waals surface area contributed by atoms with E-state index in [0.29, 0.717) is 12.1 Å². The molecule has 0 aromatic heterocycles. The Morgan fingerprint density at radius 2 is 2.24 bits per heavy atom. The lowest BCUT2D eigenvalue weighted by atomic mass is 10.0. The second kappa shape index (κ2) is 4.62. The topological polar surface area (TPSA) is 55.1 Å². The van der Waals surface area contributed by atoms with Crippen LogP contribution in [-0.2, 0) is 11.2 Å². The number of carbonyl (C=O) groups excluding carboxylic acids is 1. The number of nitrogens with two attached hydrogens (primary N) is 1. The molecule has 0 aliphatic carbocycles. The molecule has 1 aliphatic rings. The van der Waals surface area contributed by atoms with Gasteiger partial charge in [0.25, 0.3) is 0 Å². The summed E-state index contributed by atoms with van der Waals surface area (Å²) in [7, 11) is 0. The number of nitrogens with one attached hydrogen (secondary N) is 1. The largest absolute Gasteiger partial charge is 0.367 e. The molecule has 3 nitrogen and oxygen atoms in total. The Kier molecular flexibility index (Phi) is 3.35. The van der Waals surface area contributed by atoms with E-state index in [1.807, 2.05) is 0 Å². The highest BCUT2D eigenvalue weighted by atomic mass is 32.2. The van der Waals surface area contributed by atoms with Crippen LogP contribution in [0.4, 0.5) is 8.78 Å². The van der Waals surface area contributed by atoms with Crippen LogP contribution in [0.3, 0.4) is 0 Å². The van der Waals surface area contributed by atoms with Gasteiger partial charge in [0.05, 0.1) is 0 Å². The Hall–Kier alpha value is -1.14. The van der Waals surface area contributed by atoms with Gasteiger partial charge in [-0.1, -0.05) is 6.07 Å². The van der Waals surface area contributed by atoms with E-state index in [-0.39, 0.29) is 6.42 Å². The van der Waals surface area contributed by atoms with Crippen LogP contribution in [0.15, 0.2) is 18.2 Å². The van der Waals surface area contributed by atoms with Gasteiger partial charge in [-0.25, -0.2) is 8.78 Å². The van der Waals surface area contributed by atoms with Crippen molar-refractivity contribution in [2.75, 3.05) is 12.3 Å². The lowest BCUT2D eigenvalue weighted by molar-refractivity contribution is -0.120. The highest BCUT2D eigenvalue weighted by molar-refractivity contribution is 8.01. The Morgan fingerprint density at radius 1 is 1.47 bits per heavy atom. The highest BCUT2D eigenvalue weighted by Gasteiger charge is 2.40. The van der Waals surface area contributed by atoms with Crippen LogP contribution < -0.4 is 11.1 Å². The quantitative estimate of drug-likeness (QED) is 0.851. The van der Waals surface area contributed by atoms with Crippen LogP contribution in [-0.4, -0.2) is 23.1 Å². The van der Waals surface area contributed by atoms with Crippen molar-refractivity contribution in [2.45, 2.75) is 11.3 Å². The van der Waals surface area contributed by atoms with Crippen LogP contribution in [0.5, 0.6) is 0 Å². The van der Waals surface area contributed by atoms with Gasteiger partial charge >= 0.3 is 0 Å². The zero-order valence-corrected chi connectivity index (χ0v) is 9.82. The smallest absolute Gasteiger partial charge is 0.248 e. The van der Waals surface area contributed by atoms with Crippen LogP contribution in [0, 0.1) is 11.6 Å². The van der Waals surface area contributed by atoms with Gasteiger partial charge in [-0.05, 0) is 17.7 Å². The summed E-state index contributed by atoms with van der Waals surface area (Å²) < 4.78 is 25.8. The second-order valence-corrected chi connectivity index (χ2v) is 5.29. The molecule has 1 atom stereocenters. The van der Waals surface area contributed by atoms with Gasteiger partial charge in [-0.2, -0.15) is 0 Å². The molecule has 0 radical (unpaired) electrons. The number of carbonyl (C=O) groups is 1. The van der Waals surface area contributed by atoms with Crippen molar-refractivity contribution < 1.29 is 13.6 Å². The number of amides is 1. The van der Waals surface area contributed by atoms with Gasteiger partial charge in [-0.3, -0.25) is 10.1 Å². The zero-order chi connectivity index (χ0) is 12.5. The summed E-state index contributed by atoms with van der Waals surface area (Å²) in [6.45, 7) is 0.678. The minimum absolute atomic E-state index is 0.254. The maximum atomic E-state index is 13.1. The molecule has 2 rings (SSSR count). The molecule has 0 spiro atoms. The normalized spacial score (nSPS) is 23.9. The number of thioether (sulfide) groups is 1. The molecule has 17 heavy (non-hydrogen) atoms. The minimum atomic E-state index is -0.912. The Labute approximate surface area is 102 Å². The van der Waals surface area contributed by atoms with Crippen molar-refractivity contribution in [3.8, 4) is 0 Å². The third kappa shape index (κ3) is 2.42. The van der Waals surface area contributed by atoms with E-state index in [1.54, 1.807) is 0 Å². The molecule has 1 fully saturated rings. The highest BCUT2D eigenvalue weighted by Crippen LogP contribution is 2.31. The monoisotopic (exact) mass is 258 g/mol. The van der Waals surface area contributed by atoms with E-state index in [2.05, 4.69) is 5.32 Å². The molecule has 0 saturated carbocycles. The van der Waals surface area contributed by atoms with Gasteiger partial charge in [0, 0.05) is 18.7 Å². The summed E-state index contributed by atoms with van der Waals surface area (Å²) in [6.07, 6.45) is 0.254. The third-order valence-electron chi connectivity index (χ3n) is 2.70. The van der Waals surface area contributed by atoms with E-state index < -0.39 is 22.4 Å². The number of primary amides is 1. The number of hydrogen-bond donors (Lipinski definition) is 2. The van der Waals surface area contributed by atoms with Crippen LogP contribution in [0.25, 0.3) is 0 Å². The molecule has 1 aliphatic heterocycles. The fraction of sp³-hybridized carbons (Fsp3) is 0.364. The fourth-order valence-electron chi connectivity index (χ4n) is 1.83. The molecule has 0 bridgehead atoms. The van der Waals surface area contributed by atoms with E-state index in [9.17, 15) is 13.6 Å². The van der Waals surface area contributed by atoms with Crippen molar-refractivity contribution in [2.24, 2.45) is 5.73 Å². The van der Waals surface area contributed by atoms with Crippen molar-refractivity contribution >= 4 is 17.7 Å². The van der Waals surface area contributed by atoms with Crippen LogP contribution in [0.1, 0.15) is 5.56 Å². The fourth-order valence-corrected chi connectivity index (χ4v) is 2.99. The van der Waals surface area contributed by atoms with Gasteiger partial charge in [-0.15, -0.1) is 11.8 Å². The zero-order valence-electron chi connectivity index (χ0n) is 9.00. The predicted molar refractivity (Wildman–Crippen MR) is 62.4 cm³/mol. The molecule has 1 aromatic carbocycles. The van der Waals surface area contributed by atoms with E-state index in [0.717, 1.165) is 17.9 Å². The van der Waals surface area contributed by atoms with Gasteiger partial charge in [0.15, 0.2) is 11.6 Å². The molecule has 92 valence electrons. The summed E-state index contributed by atoms with van der Waals surface area (Å²) in [5, 5.41) is 3.02. The van der Waals surface area contributed by atoms with Crippen molar-refractivity contribution in [3.63, 3.8) is 0 Å². The molecule has 1 saturated heterocycles. The number of benzene rings is 1. The molecular weight excluding hydrogens is 246 g/mol. The Morgan fingerprint density at radius 3 is 2.76 bits per heavy atom. The van der Waals surface area contributed by atoms with Crippen LogP contribution >= 0.6 is 11.8 Å². The summed E-state index contributed by atoms with van der Waals surface area (Å²) in [5.74, 6) is -1.52. The molecule has 1 heterocycles. The molecule has 6 heteroatoms. The molecule has 1 amide bonds. The molecule has 1 aromatic rings. The first kappa shape index (κ1) is 12.3. The summed E-state index contributed by atoms with van der Waals surface area (Å²) in [6, 6.07) is 3.61. The average molecular weight is 258 g/mol. The van der Waals surface area contributed by atoms with Gasteiger partial charge in [0.1, 0.15) is 4.87 Å². The first-order chi connectivity index (χ1) is 8.03. The Bertz CT molecular complexity index is 447. The summed E-state index contributed by atoms with van der Waals surface area (Å²) >= 11 is 1.40. The SMILES string of the molecule is NC(=O)C1(Cc2ccc(F)c(F)c2)NCCS1. The second-order valence-electron chi connectivity index (χ2n) is 3.89. The maximum Gasteiger partial charge on any atom is 0.248 e. The first-order valence-corrected chi connectivity index (χ1v) is 6.15. The molecular formula is C11H12F2N2OS. The number of halogens is 2. The van der Waals surface area contributed by atoms with E-state index >= 15 is 0 Å². The van der Waals surface area contributed by atoms with Crippen molar-refractivity contribution in [1.82, 2.24) is 5.32 Å². The Balaban J connectivity index is 2.23. The van der Waals surface area contributed by atoms with Gasteiger partial charge < -0.3 is 5.73 Å². The van der Waals surface area contributed by atoms with Crippen molar-refractivity contribution in [1.29, 1.82) is 0 Å². The van der Waals surface area contributed by atoms with Crippen LogP contribution in [0.2, 0.25) is 0 Å². The lowest BCUT2D eigenvalue weighted by Gasteiger charge is -2.24. The summed E-state index contributed by atoms with van der Waals surface area (Å²) in [4.78, 5) is 10.6. The lowest BCUT2D eigenvalue weighted by Crippen LogP contribution is -2.51. The maximum absolute atomic E-state index is 13.1. The van der Waals surface area contributed by atoms with E-state index in [1.165, 1.54) is 17.8 Å². The first-order valence-electron chi connectivity index (χ1n) is 5.16. The van der Waals surface area contributed by atoms with E-state index in [4.69, 9.17) is 5.73 Å².